The molecule has 0 saturated carbocycles. The van der Waals surface area contributed by atoms with Gasteiger partial charge in [-0.05, 0) is 23.8 Å². The van der Waals surface area contributed by atoms with Gasteiger partial charge in [0.1, 0.15) is 0 Å². The molecule has 0 bridgehead atoms. The number of aromatic nitrogens is 1. The van der Waals surface area contributed by atoms with Gasteiger partial charge in [-0.3, -0.25) is 9.78 Å². The summed E-state index contributed by atoms with van der Waals surface area (Å²) in [6.07, 6.45) is 5.42. The summed E-state index contributed by atoms with van der Waals surface area (Å²) < 4.78 is 0. The van der Waals surface area contributed by atoms with Gasteiger partial charge in [-0.15, -0.1) is 11.8 Å². The molecule has 1 heterocycles. The molecule has 1 aromatic heterocycles. The van der Waals surface area contributed by atoms with Gasteiger partial charge in [-0.25, -0.2) is 0 Å². The molecule has 3 rings (SSSR count). The fourth-order valence-corrected chi connectivity index (χ4v) is 2.87. The van der Waals surface area contributed by atoms with Gasteiger partial charge in [0.05, 0.1) is 0 Å². The van der Waals surface area contributed by atoms with Crippen LogP contribution in [0, 0.1) is 0 Å². The van der Waals surface area contributed by atoms with Gasteiger partial charge < -0.3 is 0 Å². The quantitative estimate of drug-likeness (QED) is 0.532. The maximum Gasteiger partial charge on any atom is 0.196 e. The van der Waals surface area contributed by atoms with E-state index in [4.69, 9.17) is 0 Å². The number of hydrogen-bond acceptors (Lipinski definition) is 3. The van der Waals surface area contributed by atoms with Gasteiger partial charge in [-0.1, -0.05) is 36.4 Å². The predicted octanol–water partition coefficient (Wildman–Crippen LogP) is 4.19. The van der Waals surface area contributed by atoms with Crippen molar-refractivity contribution in [3.05, 3.63) is 72.1 Å². The molecular formula is C17H13NOS. The highest BCUT2D eigenvalue weighted by Gasteiger charge is 2.15. The Labute approximate surface area is 121 Å². The van der Waals surface area contributed by atoms with Crippen molar-refractivity contribution in [2.45, 2.75) is 4.90 Å². The smallest absolute Gasteiger partial charge is 0.196 e. The van der Waals surface area contributed by atoms with Crippen LogP contribution in [0.4, 0.5) is 0 Å². The molecule has 2 aromatic carbocycles. The highest BCUT2D eigenvalue weighted by molar-refractivity contribution is 7.98. The van der Waals surface area contributed by atoms with E-state index in [1.165, 1.54) is 0 Å². The maximum absolute atomic E-state index is 12.8. The largest absolute Gasteiger partial charge is 0.288 e. The van der Waals surface area contributed by atoms with E-state index in [-0.39, 0.29) is 5.78 Å². The van der Waals surface area contributed by atoms with Crippen LogP contribution in [-0.4, -0.2) is 17.0 Å². The van der Waals surface area contributed by atoms with E-state index in [0.29, 0.717) is 5.56 Å². The van der Waals surface area contributed by atoms with E-state index in [0.717, 1.165) is 21.2 Å². The molecule has 0 amide bonds. The minimum absolute atomic E-state index is 0.0271. The molecule has 3 aromatic rings. The second-order valence-corrected chi connectivity index (χ2v) is 5.29. The zero-order valence-electron chi connectivity index (χ0n) is 11.0. The number of pyridine rings is 1. The Hall–Kier alpha value is -2.13. The summed E-state index contributed by atoms with van der Waals surface area (Å²) in [7, 11) is 0. The molecule has 0 aliphatic carbocycles. The number of nitrogens with zero attached hydrogens (tertiary/aromatic N) is 1. The molecule has 20 heavy (non-hydrogen) atoms. The highest BCUT2D eigenvalue weighted by Crippen LogP contribution is 2.25. The van der Waals surface area contributed by atoms with Crippen molar-refractivity contribution < 1.29 is 4.79 Å². The summed E-state index contributed by atoms with van der Waals surface area (Å²) in [6.45, 7) is 0. The number of hydrogen-bond donors (Lipinski definition) is 0. The number of fused-ring (bicyclic) bond motifs is 1. The van der Waals surface area contributed by atoms with Gasteiger partial charge in [0.25, 0.3) is 0 Å². The van der Waals surface area contributed by atoms with Crippen LogP contribution >= 0.6 is 11.8 Å². The Morgan fingerprint density at radius 3 is 2.55 bits per heavy atom. The molecular weight excluding hydrogens is 266 g/mol. The lowest BCUT2D eigenvalue weighted by atomic mass is 10.00. The maximum atomic E-state index is 12.8. The van der Waals surface area contributed by atoms with Crippen LogP contribution in [0.25, 0.3) is 10.8 Å². The van der Waals surface area contributed by atoms with Crippen molar-refractivity contribution in [3.8, 4) is 0 Å². The van der Waals surface area contributed by atoms with Gasteiger partial charge >= 0.3 is 0 Å². The van der Waals surface area contributed by atoms with Crippen LogP contribution in [0.15, 0.2) is 65.8 Å². The fraction of sp³-hybridized carbons (Fsp3) is 0.0588. The van der Waals surface area contributed by atoms with Crippen molar-refractivity contribution in [2.24, 2.45) is 0 Å². The van der Waals surface area contributed by atoms with Crippen molar-refractivity contribution >= 4 is 28.3 Å². The van der Waals surface area contributed by atoms with Gasteiger partial charge in [0.2, 0.25) is 0 Å². The fourth-order valence-electron chi connectivity index (χ4n) is 2.27. The minimum Gasteiger partial charge on any atom is -0.288 e. The monoisotopic (exact) mass is 279 g/mol. The van der Waals surface area contributed by atoms with Crippen molar-refractivity contribution in [1.29, 1.82) is 0 Å². The van der Waals surface area contributed by atoms with Crippen molar-refractivity contribution in [2.75, 3.05) is 6.26 Å². The highest BCUT2D eigenvalue weighted by atomic mass is 32.2. The van der Waals surface area contributed by atoms with E-state index in [1.807, 2.05) is 54.8 Å². The van der Waals surface area contributed by atoms with E-state index in [1.54, 1.807) is 24.2 Å². The molecule has 0 spiro atoms. The third-order valence-electron chi connectivity index (χ3n) is 3.26. The molecule has 0 aliphatic heterocycles. The van der Waals surface area contributed by atoms with Gasteiger partial charge in [0, 0.05) is 33.8 Å². The summed E-state index contributed by atoms with van der Waals surface area (Å²) in [4.78, 5) is 18.0. The summed E-state index contributed by atoms with van der Waals surface area (Å²) in [6, 6.07) is 15.5. The summed E-state index contributed by atoms with van der Waals surface area (Å²) in [5.41, 5.74) is 1.39. The lowest BCUT2D eigenvalue weighted by molar-refractivity contribution is 0.103. The molecule has 0 radical (unpaired) electrons. The Balaban J connectivity index is 2.18. The number of rotatable bonds is 3. The van der Waals surface area contributed by atoms with Crippen LogP contribution < -0.4 is 0 Å². The van der Waals surface area contributed by atoms with Crippen LogP contribution in [0.5, 0.6) is 0 Å². The lowest BCUT2D eigenvalue weighted by Gasteiger charge is -2.08. The van der Waals surface area contributed by atoms with Gasteiger partial charge in [-0.2, -0.15) is 0 Å². The molecule has 0 unspecified atom stereocenters. The topological polar surface area (TPSA) is 30.0 Å². The SMILES string of the molecule is CSc1ccccc1C(=O)c1cncc2ccccc12. The molecule has 3 heteroatoms. The van der Waals surface area contributed by atoms with E-state index < -0.39 is 0 Å². The van der Waals surface area contributed by atoms with Crippen LogP contribution in [0.1, 0.15) is 15.9 Å². The summed E-state index contributed by atoms with van der Waals surface area (Å²) >= 11 is 1.58. The molecule has 0 N–H and O–H groups in total. The number of benzene rings is 2. The average Bonchev–Trinajstić information content (AvgIpc) is 2.53. The number of carbonyl (C=O) groups excluding carboxylic acids is 1. The van der Waals surface area contributed by atoms with Crippen LogP contribution in [0.2, 0.25) is 0 Å². The number of thioether (sulfide) groups is 1. The molecule has 2 nitrogen and oxygen atoms in total. The second kappa shape index (κ2) is 5.47. The average molecular weight is 279 g/mol. The van der Waals surface area contributed by atoms with E-state index in [2.05, 4.69) is 4.98 Å². The first-order valence-electron chi connectivity index (χ1n) is 6.31. The number of carbonyl (C=O) groups is 1. The summed E-state index contributed by atoms with van der Waals surface area (Å²) in [5, 5.41) is 1.93. The Morgan fingerprint density at radius 2 is 1.70 bits per heavy atom. The van der Waals surface area contributed by atoms with Crippen molar-refractivity contribution in [3.63, 3.8) is 0 Å². The van der Waals surface area contributed by atoms with Gasteiger partial charge in [0.15, 0.2) is 5.78 Å². The van der Waals surface area contributed by atoms with Crippen LogP contribution in [-0.2, 0) is 0 Å². The first-order valence-corrected chi connectivity index (χ1v) is 7.54. The third-order valence-corrected chi connectivity index (χ3v) is 4.06. The first kappa shape index (κ1) is 12.9. The lowest BCUT2D eigenvalue weighted by Crippen LogP contribution is -2.04. The molecule has 0 fully saturated rings. The normalized spacial score (nSPS) is 10.7. The summed E-state index contributed by atoms with van der Waals surface area (Å²) in [5.74, 6) is 0.0271. The van der Waals surface area contributed by atoms with E-state index in [9.17, 15) is 4.79 Å². The molecule has 0 aliphatic rings. The van der Waals surface area contributed by atoms with Crippen LogP contribution in [0.3, 0.4) is 0 Å². The first-order chi connectivity index (χ1) is 9.81. The molecule has 0 saturated heterocycles. The third kappa shape index (κ3) is 2.21. The second-order valence-electron chi connectivity index (χ2n) is 4.44. The van der Waals surface area contributed by atoms with E-state index >= 15 is 0 Å². The minimum atomic E-state index is 0.0271. The molecule has 98 valence electrons. The van der Waals surface area contributed by atoms with Crippen molar-refractivity contribution in [1.82, 2.24) is 4.98 Å². The standard InChI is InChI=1S/C17H13NOS/c1-20-16-9-5-4-8-14(16)17(19)15-11-18-10-12-6-2-3-7-13(12)15/h2-11H,1H3. The Kier molecular flexibility index (Phi) is 3.52. The number of ketones is 1. The Morgan fingerprint density at radius 1 is 0.950 bits per heavy atom. The Bertz CT molecular complexity index is 777. The zero-order chi connectivity index (χ0) is 13.9. The molecule has 0 atom stereocenters. The predicted molar refractivity (Wildman–Crippen MR) is 83.4 cm³/mol. The zero-order valence-corrected chi connectivity index (χ0v) is 11.9.